The summed E-state index contributed by atoms with van der Waals surface area (Å²) in [6.07, 6.45) is 2.18. The van der Waals surface area contributed by atoms with Crippen LogP contribution in [0.25, 0.3) is 6.08 Å². The molecule has 2 nitrogen and oxygen atoms in total. The lowest BCUT2D eigenvalue weighted by molar-refractivity contribution is 0.0600. The molecule has 0 amide bonds. The zero-order valence-corrected chi connectivity index (χ0v) is 17.2. The predicted molar refractivity (Wildman–Crippen MR) is 108 cm³/mol. The Hall–Kier alpha value is -1.92. The van der Waals surface area contributed by atoms with E-state index < -0.39 is 15.2 Å². The molecule has 2 aromatic rings. The third-order valence-electron chi connectivity index (χ3n) is 5.11. The first-order valence-corrected chi connectivity index (χ1v) is 15.3. The van der Waals surface area contributed by atoms with Crippen LogP contribution in [0, 0.1) is 0 Å². The summed E-state index contributed by atoms with van der Waals surface area (Å²) in [7, 11) is -1.70. The molecule has 0 radical (unpaired) electrons. The molecule has 0 aliphatic heterocycles. The van der Waals surface area contributed by atoms with Crippen LogP contribution in [0.15, 0.2) is 60.3 Å². The second-order valence-corrected chi connectivity index (χ2v) is 22.4. The SMILES string of the molecule is COC(=O)c1cccc(/C=C\[Si](C)(C)[Si](C)(C)c2ccccc2)c1. The maximum atomic E-state index is 11.7. The van der Waals surface area contributed by atoms with Crippen LogP contribution >= 0.6 is 0 Å². The first-order chi connectivity index (χ1) is 11.3. The maximum absolute atomic E-state index is 11.7. The molecule has 0 N–H and O–H groups in total. The molecule has 126 valence electrons. The molecule has 0 aliphatic rings. The van der Waals surface area contributed by atoms with E-state index in [-0.39, 0.29) is 5.97 Å². The summed E-state index contributed by atoms with van der Waals surface area (Å²) >= 11 is 0. The van der Waals surface area contributed by atoms with Crippen molar-refractivity contribution in [2.75, 3.05) is 7.11 Å². The van der Waals surface area contributed by atoms with E-state index in [0.717, 1.165) is 5.56 Å². The Kier molecular flexibility index (Phi) is 5.62. The fourth-order valence-corrected chi connectivity index (χ4v) is 9.65. The number of benzene rings is 2. The van der Waals surface area contributed by atoms with Crippen molar-refractivity contribution in [3.8, 4) is 0 Å². The van der Waals surface area contributed by atoms with Crippen molar-refractivity contribution < 1.29 is 9.53 Å². The van der Waals surface area contributed by atoms with Gasteiger partial charge in [0.25, 0.3) is 0 Å². The number of carbonyl (C=O) groups is 1. The second kappa shape index (κ2) is 7.32. The van der Waals surface area contributed by atoms with Gasteiger partial charge in [-0.2, -0.15) is 0 Å². The Bertz CT molecular complexity index is 734. The normalized spacial score (nSPS) is 12.4. The summed E-state index contributed by atoms with van der Waals surface area (Å²) in [5.74, 6) is -0.291. The van der Waals surface area contributed by atoms with Crippen LogP contribution in [0.4, 0.5) is 0 Å². The average Bonchev–Trinajstić information content (AvgIpc) is 2.60. The highest BCUT2D eigenvalue weighted by molar-refractivity contribution is 7.47. The van der Waals surface area contributed by atoms with Gasteiger partial charge in [-0.1, -0.05) is 85.6 Å². The molecule has 0 atom stereocenters. The van der Waals surface area contributed by atoms with Gasteiger partial charge in [0.15, 0.2) is 0 Å². The van der Waals surface area contributed by atoms with E-state index in [9.17, 15) is 4.79 Å². The lowest BCUT2D eigenvalue weighted by atomic mass is 10.1. The van der Waals surface area contributed by atoms with Gasteiger partial charge in [-0.15, -0.1) is 0 Å². The third-order valence-corrected chi connectivity index (χ3v) is 22.1. The van der Waals surface area contributed by atoms with Gasteiger partial charge in [-0.05, 0) is 17.7 Å². The fourth-order valence-electron chi connectivity index (χ4n) is 2.63. The number of hydrogen-bond acceptors (Lipinski definition) is 2. The first kappa shape index (κ1) is 18.4. The van der Waals surface area contributed by atoms with Crippen molar-refractivity contribution in [1.82, 2.24) is 0 Å². The maximum Gasteiger partial charge on any atom is 0.337 e. The lowest BCUT2D eigenvalue weighted by Crippen LogP contribution is -2.61. The van der Waals surface area contributed by atoms with Crippen LogP contribution in [-0.2, 0) is 4.74 Å². The van der Waals surface area contributed by atoms with Gasteiger partial charge in [-0.3, -0.25) is 0 Å². The monoisotopic (exact) mass is 354 g/mol. The van der Waals surface area contributed by atoms with E-state index >= 15 is 0 Å². The summed E-state index contributed by atoms with van der Waals surface area (Å²) in [4.78, 5) is 11.7. The van der Waals surface area contributed by atoms with E-state index in [2.05, 4.69) is 68.3 Å². The molecular weight excluding hydrogens is 328 g/mol. The number of ether oxygens (including phenoxy) is 1. The molecule has 0 heterocycles. The molecule has 0 aromatic heterocycles. The number of rotatable bonds is 5. The van der Waals surface area contributed by atoms with Gasteiger partial charge < -0.3 is 4.74 Å². The molecule has 0 saturated carbocycles. The van der Waals surface area contributed by atoms with Crippen molar-refractivity contribution in [3.05, 3.63) is 71.4 Å². The number of methoxy groups -OCH3 is 1. The fraction of sp³-hybridized carbons (Fsp3) is 0.250. The molecule has 0 fully saturated rings. The minimum atomic E-state index is -1.57. The molecule has 4 heteroatoms. The van der Waals surface area contributed by atoms with Crippen LogP contribution in [0.2, 0.25) is 26.2 Å². The van der Waals surface area contributed by atoms with Crippen LogP contribution in [-0.4, -0.2) is 28.3 Å². The van der Waals surface area contributed by atoms with Crippen LogP contribution in [0.1, 0.15) is 15.9 Å². The molecular formula is C20H26O2Si2. The quantitative estimate of drug-likeness (QED) is 0.586. The number of hydrogen-bond donors (Lipinski definition) is 0. The van der Waals surface area contributed by atoms with Gasteiger partial charge in [0.1, 0.15) is 0 Å². The molecule has 0 saturated heterocycles. The van der Waals surface area contributed by atoms with Crippen LogP contribution in [0.5, 0.6) is 0 Å². The molecule has 24 heavy (non-hydrogen) atoms. The Morgan fingerprint density at radius 2 is 1.62 bits per heavy atom. The minimum Gasteiger partial charge on any atom is -0.465 e. The Balaban J connectivity index is 2.28. The highest BCUT2D eigenvalue weighted by Crippen LogP contribution is 2.22. The smallest absolute Gasteiger partial charge is 0.337 e. The molecule has 0 bridgehead atoms. The molecule has 0 spiro atoms. The predicted octanol–water partition coefficient (Wildman–Crippen LogP) is 4.43. The highest BCUT2D eigenvalue weighted by atomic mass is 29.3. The number of esters is 1. The van der Waals surface area contributed by atoms with Crippen molar-refractivity contribution in [2.45, 2.75) is 26.2 Å². The summed E-state index contributed by atoms with van der Waals surface area (Å²) in [6.45, 7) is 9.80. The van der Waals surface area contributed by atoms with E-state index in [4.69, 9.17) is 4.74 Å². The molecule has 2 rings (SSSR count). The Labute approximate surface area is 147 Å². The van der Waals surface area contributed by atoms with Crippen molar-refractivity contribution in [1.29, 1.82) is 0 Å². The summed E-state index contributed by atoms with van der Waals surface area (Å²) in [5, 5.41) is 1.51. The van der Waals surface area contributed by atoms with Crippen molar-refractivity contribution in [2.24, 2.45) is 0 Å². The lowest BCUT2D eigenvalue weighted by Gasteiger charge is -2.36. The van der Waals surface area contributed by atoms with Gasteiger partial charge in [0.05, 0.1) is 27.9 Å². The molecule has 2 aromatic carbocycles. The zero-order valence-electron chi connectivity index (χ0n) is 15.2. The summed E-state index contributed by atoms with van der Waals surface area (Å²) < 4.78 is 4.80. The Morgan fingerprint density at radius 1 is 0.958 bits per heavy atom. The van der Waals surface area contributed by atoms with Crippen molar-refractivity contribution in [3.63, 3.8) is 0 Å². The van der Waals surface area contributed by atoms with Crippen molar-refractivity contribution >= 4 is 32.4 Å². The minimum absolute atomic E-state index is 0.291. The molecule has 0 unspecified atom stereocenters. The zero-order chi connectivity index (χ0) is 17.8. The third kappa shape index (κ3) is 3.94. The van der Waals surface area contributed by atoms with Gasteiger partial charge in [0, 0.05) is 0 Å². The van der Waals surface area contributed by atoms with Gasteiger partial charge in [-0.25, -0.2) is 4.79 Å². The second-order valence-electron chi connectivity index (χ2n) is 7.16. The highest BCUT2D eigenvalue weighted by Gasteiger charge is 2.40. The van der Waals surface area contributed by atoms with Gasteiger partial charge in [0.2, 0.25) is 0 Å². The van der Waals surface area contributed by atoms with E-state index in [1.807, 2.05) is 18.2 Å². The Morgan fingerprint density at radius 3 is 2.25 bits per heavy atom. The summed E-state index contributed by atoms with van der Waals surface area (Å²) in [5.41, 5.74) is 4.07. The van der Waals surface area contributed by atoms with E-state index in [1.54, 1.807) is 6.07 Å². The van der Waals surface area contributed by atoms with Crippen LogP contribution in [0.3, 0.4) is 0 Å². The largest absolute Gasteiger partial charge is 0.465 e. The molecule has 0 aliphatic carbocycles. The standard InChI is InChI=1S/C20H26O2Si2/c1-22-20(21)18-11-9-10-17(16-18)14-15-23(2,3)24(4,5)19-12-7-6-8-13-19/h6-16H,1-5H3/b15-14-. The van der Waals surface area contributed by atoms with E-state index in [0.29, 0.717) is 5.56 Å². The number of carbonyl (C=O) groups excluding carboxylic acids is 1. The van der Waals surface area contributed by atoms with Crippen LogP contribution < -0.4 is 5.19 Å². The van der Waals surface area contributed by atoms with E-state index in [1.165, 1.54) is 12.3 Å². The summed E-state index contributed by atoms with van der Waals surface area (Å²) in [6, 6.07) is 18.5. The average molecular weight is 355 g/mol. The first-order valence-electron chi connectivity index (χ1n) is 8.21. The van der Waals surface area contributed by atoms with Gasteiger partial charge >= 0.3 is 5.97 Å². The topological polar surface area (TPSA) is 26.3 Å².